The molecule has 2 nitrogen and oxygen atoms in total. The molecule has 2 aliphatic carbocycles. The lowest BCUT2D eigenvalue weighted by Gasteiger charge is -2.37. The van der Waals surface area contributed by atoms with Crippen LogP contribution in [0.2, 0.25) is 0 Å². The second kappa shape index (κ2) is 5.31. The van der Waals surface area contributed by atoms with E-state index in [0.29, 0.717) is 12.0 Å². The predicted molar refractivity (Wildman–Crippen MR) is 68.8 cm³/mol. The largest absolute Gasteiger partial charge is 0.328 e. The van der Waals surface area contributed by atoms with Crippen LogP contribution in [0.25, 0.3) is 0 Å². The number of nitrogens with one attached hydrogen (secondary N) is 1. The molecule has 2 aliphatic rings. The quantitative estimate of drug-likeness (QED) is 0.692. The molecule has 0 saturated heterocycles. The molecule has 2 saturated carbocycles. The van der Waals surface area contributed by atoms with Crippen molar-refractivity contribution in [1.29, 1.82) is 5.41 Å². The number of rotatable bonds is 2. The van der Waals surface area contributed by atoms with Crippen LogP contribution in [0.15, 0.2) is 0 Å². The Labute approximate surface area is 99.5 Å². The van der Waals surface area contributed by atoms with Crippen molar-refractivity contribution < 1.29 is 0 Å². The smallest absolute Gasteiger partial charge is 0.00891 e. The fourth-order valence-corrected chi connectivity index (χ4v) is 3.64. The first-order valence-corrected chi connectivity index (χ1v) is 6.97. The van der Waals surface area contributed by atoms with Gasteiger partial charge >= 0.3 is 0 Å². The van der Waals surface area contributed by atoms with Gasteiger partial charge in [0.1, 0.15) is 0 Å². The normalized spacial score (nSPS) is 40.6. The Morgan fingerprint density at radius 2 is 1.31 bits per heavy atom. The molecular formula is C14H26N2. The van der Waals surface area contributed by atoms with Gasteiger partial charge in [-0.1, -0.05) is 0 Å². The Balaban J connectivity index is 1.78. The van der Waals surface area contributed by atoms with Crippen molar-refractivity contribution in [2.75, 3.05) is 0 Å². The first-order valence-electron chi connectivity index (χ1n) is 6.97. The molecule has 0 spiro atoms. The minimum Gasteiger partial charge on any atom is -0.328 e. The molecule has 0 amide bonds. The monoisotopic (exact) mass is 222 g/mol. The maximum atomic E-state index is 7.71. The summed E-state index contributed by atoms with van der Waals surface area (Å²) in [7, 11) is 0. The molecule has 2 heteroatoms. The van der Waals surface area contributed by atoms with E-state index in [2.05, 4.69) is 0 Å². The summed E-state index contributed by atoms with van der Waals surface area (Å²) in [4.78, 5) is 0. The minimum absolute atomic E-state index is 0.483. The van der Waals surface area contributed by atoms with E-state index in [1.54, 1.807) is 0 Å². The Bertz CT molecular complexity index is 233. The summed E-state index contributed by atoms with van der Waals surface area (Å²) in [6.07, 6.45) is 10.5. The molecule has 2 fully saturated rings. The summed E-state index contributed by atoms with van der Waals surface area (Å²) in [6.45, 7) is 1.98. The maximum Gasteiger partial charge on any atom is 0.00891 e. The van der Waals surface area contributed by atoms with Crippen LogP contribution < -0.4 is 5.73 Å². The maximum absolute atomic E-state index is 7.71. The Morgan fingerprint density at radius 3 is 1.75 bits per heavy atom. The number of hydrogen-bond donors (Lipinski definition) is 2. The van der Waals surface area contributed by atoms with E-state index in [0.717, 1.165) is 17.5 Å². The first-order chi connectivity index (χ1) is 7.66. The van der Waals surface area contributed by atoms with Gasteiger partial charge in [0, 0.05) is 11.8 Å². The third kappa shape index (κ3) is 2.85. The van der Waals surface area contributed by atoms with Crippen molar-refractivity contribution in [2.24, 2.45) is 23.5 Å². The average molecular weight is 222 g/mol. The van der Waals surface area contributed by atoms with E-state index in [4.69, 9.17) is 11.1 Å². The summed E-state index contributed by atoms with van der Waals surface area (Å²) >= 11 is 0. The highest BCUT2D eigenvalue weighted by atomic mass is 14.6. The lowest BCUT2D eigenvalue weighted by molar-refractivity contribution is 0.175. The second-order valence-corrected chi connectivity index (χ2v) is 5.97. The molecule has 0 heterocycles. The average Bonchev–Trinajstić information content (AvgIpc) is 2.30. The molecule has 16 heavy (non-hydrogen) atoms. The molecule has 0 aliphatic heterocycles. The van der Waals surface area contributed by atoms with Gasteiger partial charge in [0.2, 0.25) is 0 Å². The Kier molecular flexibility index (Phi) is 4.01. The molecule has 0 radical (unpaired) electrons. The molecule has 0 unspecified atom stereocenters. The van der Waals surface area contributed by atoms with Crippen molar-refractivity contribution in [2.45, 2.75) is 64.3 Å². The Morgan fingerprint density at radius 1 is 0.875 bits per heavy atom. The van der Waals surface area contributed by atoms with Crippen molar-refractivity contribution in [3.63, 3.8) is 0 Å². The summed E-state index contributed by atoms with van der Waals surface area (Å²) in [5.74, 6) is 2.50. The van der Waals surface area contributed by atoms with Crippen LogP contribution in [-0.4, -0.2) is 11.8 Å². The summed E-state index contributed by atoms with van der Waals surface area (Å²) in [5, 5.41) is 7.71. The van der Waals surface area contributed by atoms with Gasteiger partial charge < -0.3 is 11.1 Å². The highest BCUT2D eigenvalue weighted by Gasteiger charge is 2.30. The molecule has 92 valence electrons. The summed E-state index contributed by atoms with van der Waals surface area (Å²) in [6, 6.07) is 0.483. The zero-order chi connectivity index (χ0) is 11.5. The third-order valence-corrected chi connectivity index (χ3v) is 4.87. The fraction of sp³-hybridized carbons (Fsp3) is 0.929. The zero-order valence-corrected chi connectivity index (χ0v) is 10.5. The summed E-state index contributed by atoms with van der Waals surface area (Å²) in [5.41, 5.74) is 6.87. The zero-order valence-electron chi connectivity index (χ0n) is 10.5. The van der Waals surface area contributed by atoms with Gasteiger partial charge in [0.05, 0.1) is 0 Å². The van der Waals surface area contributed by atoms with Gasteiger partial charge in [-0.05, 0) is 76.0 Å². The lowest BCUT2D eigenvalue weighted by atomic mass is 9.70. The van der Waals surface area contributed by atoms with Crippen molar-refractivity contribution in [1.82, 2.24) is 0 Å². The van der Waals surface area contributed by atoms with Gasteiger partial charge in [-0.15, -0.1) is 0 Å². The van der Waals surface area contributed by atoms with E-state index >= 15 is 0 Å². The van der Waals surface area contributed by atoms with Crippen molar-refractivity contribution >= 4 is 5.71 Å². The SMILES string of the molecule is CC(=N)C1CCC(C2CCC(N)CC2)CC1. The van der Waals surface area contributed by atoms with Gasteiger partial charge in [-0.3, -0.25) is 0 Å². The van der Waals surface area contributed by atoms with Crippen LogP contribution in [0, 0.1) is 23.2 Å². The van der Waals surface area contributed by atoms with Crippen LogP contribution in [0.4, 0.5) is 0 Å². The predicted octanol–water partition coefficient (Wildman–Crippen LogP) is 3.35. The van der Waals surface area contributed by atoms with Gasteiger partial charge in [0.15, 0.2) is 0 Å². The van der Waals surface area contributed by atoms with Crippen LogP contribution in [-0.2, 0) is 0 Å². The standard InChI is InChI=1S/C14H26N2/c1-10(15)11-2-4-12(5-3-11)13-6-8-14(16)9-7-13/h11-15H,2-9,16H2,1H3. The van der Waals surface area contributed by atoms with Crippen LogP contribution in [0.5, 0.6) is 0 Å². The minimum atomic E-state index is 0.483. The number of hydrogen-bond acceptors (Lipinski definition) is 2. The van der Waals surface area contributed by atoms with E-state index in [1.807, 2.05) is 6.92 Å². The molecule has 2 rings (SSSR count). The molecule has 0 aromatic heterocycles. The van der Waals surface area contributed by atoms with Crippen molar-refractivity contribution in [3.8, 4) is 0 Å². The van der Waals surface area contributed by atoms with Gasteiger partial charge in [0.25, 0.3) is 0 Å². The van der Waals surface area contributed by atoms with E-state index in [-0.39, 0.29) is 0 Å². The van der Waals surface area contributed by atoms with Crippen molar-refractivity contribution in [3.05, 3.63) is 0 Å². The highest BCUT2D eigenvalue weighted by molar-refractivity contribution is 5.81. The van der Waals surface area contributed by atoms with E-state index < -0.39 is 0 Å². The third-order valence-electron chi connectivity index (χ3n) is 4.87. The highest BCUT2D eigenvalue weighted by Crippen LogP contribution is 2.39. The molecular weight excluding hydrogens is 196 g/mol. The molecule has 0 aromatic rings. The summed E-state index contributed by atoms with van der Waals surface area (Å²) < 4.78 is 0. The lowest BCUT2D eigenvalue weighted by Crippen LogP contribution is -2.31. The Hall–Kier alpha value is -0.370. The fourth-order valence-electron chi connectivity index (χ4n) is 3.64. The van der Waals surface area contributed by atoms with Crippen LogP contribution >= 0.6 is 0 Å². The van der Waals surface area contributed by atoms with Crippen LogP contribution in [0.3, 0.4) is 0 Å². The molecule has 0 bridgehead atoms. The van der Waals surface area contributed by atoms with Gasteiger partial charge in [-0.2, -0.15) is 0 Å². The van der Waals surface area contributed by atoms with Gasteiger partial charge in [-0.25, -0.2) is 0 Å². The molecule has 3 N–H and O–H groups in total. The topological polar surface area (TPSA) is 49.9 Å². The van der Waals surface area contributed by atoms with Crippen LogP contribution in [0.1, 0.15) is 58.3 Å². The van der Waals surface area contributed by atoms with E-state index in [1.165, 1.54) is 51.4 Å². The molecule has 0 atom stereocenters. The number of nitrogens with two attached hydrogens (primary N) is 1. The van der Waals surface area contributed by atoms with E-state index in [9.17, 15) is 0 Å². The molecule has 0 aromatic carbocycles. The first kappa shape index (κ1) is 12.1. The second-order valence-electron chi connectivity index (χ2n) is 5.97.